The van der Waals surface area contributed by atoms with E-state index in [4.69, 9.17) is 24.1 Å². The van der Waals surface area contributed by atoms with Crippen LogP contribution in [0.15, 0.2) is 0 Å². The number of aliphatic hydroxyl groups is 2. The Labute approximate surface area is 75.0 Å². The third kappa shape index (κ3) is 1.69. The van der Waals surface area contributed by atoms with Gasteiger partial charge in [0, 0.05) is 0 Å². The lowest BCUT2D eigenvalue weighted by Crippen LogP contribution is -2.60. The molecule has 0 amide bonds. The summed E-state index contributed by atoms with van der Waals surface area (Å²) < 4.78 is 20.2. The van der Waals surface area contributed by atoms with Crippen molar-refractivity contribution >= 4 is 0 Å². The van der Waals surface area contributed by atoms with Crippen LogP contribution in [0.25, 0.3) is 0 Å². The summed E-state index contributed by atoms with van der Waals surface area (Å²) in [6.45, 7) is 0.612. The van der Waals surface area contributed by atoms with Gasteiger partial charge in [-0.05, 0) is 0 Å². The second kappa shape index (κ2) is 3.49. The lowest BCUT2D eigenvalue weighted by atomic mass is 10.2. The van der Waals surface area contributed by atoms with Crippen LogP contribution in [0.1, 0.15) is 0 Å². The molecular weight excluding hydrogens is 180 g/mol. The Morgan fingerprint density at radius 1 is 1.08 bits per heavy atom. The molecule has 0 aromatic carbocycles. The Morgan fingerprint density at radius 3 is 2.54 bits per heavy atom. The van der Waals surface area contributed by atoms with E-state index < -0.39 is 18.4 Å². The van der Waals surface area contributed by atoms with Crippen molar-refractivity contribution in [1.82, 2.24) is 0 Å². The van der Waals surface area contributed by atoms with Gasteiger partial charge in [-0.25, -0.2) is 0 Å². The Bertz CT molecular complexity index is 176. The summed E-state index contributed by atoms with van der Waals surface area (Å²) in [5, 5.41) is 18.4. The number of ether oxygens (including phenoxy) is 4. The van der Waals surface area contributed by atoms with Gasteiger partial charge in [-0.15, -0.1) is 0 Å². The molecule has 0 bridgehead atoms. The van der Waals surface area contributed by atoms with Gasteiger partial charge in [0.05, 0.1) is 13.2 Å². The maximum atomic E-state index is 9.44. The zero-order valence-corrected chi connectivity index (χ0v) is 7.01. The summed E-state index contributed by atoms with van der Waals surface area (Å²) in [4.78, 5) is 0. The van der Waals surface area contributed by atoms with E-state index in [0.717, 1.165) is 0 Å². The van der Waals surface area contributed by atoms with Crippen LogP contribution in [-0.2, 0) is 18.9 Å². The first-order valence-electron chi connectivity index (χ1n) is 4.10. The molecule has 2 rings (SSSR count). The SMILES string of the molecule is OC1COC2(CO1)OCCOC2O. The predicted octanol–water partition coefficient (Wildman–Crippen LogP) is -1.59. The monoisotopic (exact) mass is 192 g/mol. The van der Waals surface area contributed by atoms with E-state index in [1.807, 2.05) is 0 Å². The molecular formula is C7H12O6. The van der Waals surface area contributed by atoms with E-state index in [1.165, 1.54) is 0 Å². The number of aliphatic hydroxyl groups excluding tert-OH is 2. The minimum atomic E-state index is -1.25. The lowest BCUT2D eigenvalue weighted by molar-refractivity contribution is -0.421. The molecule has 76 valence electrons. The summed E-state index contributed by atoms with van der Waals surface area (Å²) >= 11 is 0. The van der Waals surface area contributed by atoms with Crippen molar-refractivity contribution in [3.8, 4) is 0 Å². The molecule has 13 heavy (non-hydrogen) atoms. The van der Waals surface area contributed by atoms with E-state index in [9.17, 15) is 5.11 Å². The van der Waals surface area contributed by atoms with Crippen LogP contribution < -0.4 is 0 Å². The highest BCUT2D eigenvalue weighted by molar-refractivity contribution is 4.79. The fraction of sp³-hybridized carbons (Fsp3) is 1.00. The second-order valence-corrected chi connectivity index (χ2v) is 2.96. The molecule has 6 nitrogen and oxygen atoms in total. The van der Waals surface area contributed by atoms with Crippen molar-refractivity contribution in [3.63, 3.8) is 0 Å². The molecule has 2 fully saturated rings. The highest BCUT2D eigenvalue weighted by Gasteiger charge is 2.47. The van der Waals surface area contributed by atoms with E-state index in [1.54, 1.807) is 0 Å². The zero-order chi connectivity index (χ0) is 9.31. The van der Waals surface area contributed by atoms with Gasteiger partial charge in [0.1, 0.15) is 13.2 Å². The smallest absolute Gasteiger partial charge is 0.245 e. The van der Waals surface area contributed by atoms with Gasteiger partial charge < -0.3 is 29.2 Å². The highest BCUT2D eigenvalue weighted by Crippen LogP contribution is 2.27. The van der Waals surface area contributed by atoms with E-state index >= 15 is 0 Å². The maximum Gasteiger partial charge on any atom is 0.245 e. The molecule has 2 heterocycles. The first kappa shape index (κ1) is 9.32. The minimum absolute atomic E-state index is 0.0274. The van der Waals surface area contributed by atoms with E-state index in [-0.39, 0.29) is 13.2 Å². The average molecular weight is 192 g/mol. The molecule has 2 aliphatic heterocycles. The molecule has 0 aromatic rings. The van der Waals surface area contributed by atoms with Crippen molar-refractivity contribution in [2.24, 2.45) is 0 Å². The van der Waals surface area contributed by atoms with Gasteiger partial charge in [0.2, 0.25) is 12.1 Å². The van der Waals surface area contributed by atoms with Crippen LogP contribution in [0.3, 0.4) is 0 Å². The highest BCUT2D eigenvalue weighted by atomic mass is 16.8. The van der Waals surface area contributed by atoms with E-state index in [2.05, 4.69) is 0 Å². The third-order valence-electron chi connectivity index (χ3n) is 2.03. The molecule has 0 aromatic heterocycles. The summed E-state index contributed by atoms with van der Waals surface area (Å²) in [6, 6.07) is 0. The van der Waals surface area contributed by atoms with Gasteiger partial charge in [0.15, 0.2) is 6.29 Å². The zero-order valence-electron chi connectivity index (χ0n) is 7.01. The molecule has 1 spiro atoms. The molecule has 3 atom stereocenters. The van der Waals surface area contributed by atoms with Crippen LogP contribution in [-0.4, -0.2) is 55.0 Å². The molecule has 2 aliphatic rings. The van der Waals surface area contributed by atoms with Crippen molar-refractivity contribution in [3.05, 3.63) is 0 Å². The van der Waals surface area contributed by atoms with Crippen LogP contribution in [0, 0.1) is 0 Å². The standard InChI is InChI=1S/C7H12O6/c8-5-3-13-7(4-11-5)6(9)10-1-2-12-7/h5-6,8-9H,1-4H2. The molecule has 2 N–H and O–H groups in total. The Morgan fingerprint density at radius 2 is 1.92 bits per heavy atom. The summed E-state index contributed by atoms with van der Waals surface area (Å²) in [5.74, 6) is -1.25. The maximum absolute atomic E-state index is 9.44. The van der Waals surface area contributed by atoms with Gasteiger partial charge in [0.25, 0.3) is 0 Å². The largest absolute Gasteiger partial charge is 0.366 e. The van der Waals surface area contributed by atoms with Gasteiger partial charge in [-0.2, -0.15) is 0 Å². The molecule has 3 unspecified atom stereocenters. The number of hydrogen-bond donors (Lipinski definition) is 2. The molecule has 6 heteroatoms. The fourth-order valence-corrected chi connectivity index (χ4v) is 1.31. The number of rotatable bonds is 0. The van der Waals surface area contributed by atoms with Crippen LogP contribution in [0.4, 0.5) is 0 Å². The van der Waals surface area contributed by atoms with Crippen LogP contribution >= 0.6 is 0 Å². The van der Waals surface area contributed by atoms with Gasteiger partial charge in [-0.3, -0.25) is 0 Å². The summed E-state index contributed by atoms with van der Waals surface area (Å²) in [6.07, 6.45) is -2.11. The quantitative estimate of drug-likeness (QED) is 0.482. The van der Waals surface area contributed by atoms with Crippen molar-refractivity contribution in [1.29, 1.82) is 0 Å². The number of hydrogen-bond acceptors (Lipinski definition) is 6. The van der Waals surface area contributed by atoms with Crippen molar-refractivity contribution in [2.75, 3.05) is 26.4 Å². The predicted molar refractivity (Wildman–Crippen MR) is 38.6 cm³/mol. The Balaban J connectivity index is 2.01. The summed E-state index contributed by atoms with van der Waals surface area (Å²) in [5.41, 5.74) is 0. The summed E-state index contributed by atoms with van der Waals surface area (Å²) in [7, 11) is 0. The van der Waals surface area contributed by atoms with Crippen molar-refractivity contribution < 1.29 is 29.2 Å². The van der Waals surface area contributed by atoms with Gasteiger partial charge >= 0.3 is 0 Å². The topological polar surface area (TPSA) is 77.4 Å². The Hall–Kier alpha value is -0.240. The molecule has 0 aliphatic carbocycles. The molecule has 0 radical (unpaired) electrons. The van der Waals surface area contributed by atoms with Gasteiger partial charge in [-0.1, -0.05) is 0 Å². The molecule has 0 saturated carbocycles. The first-order chi connectivity index (χ1) is 6.23. The lowest BCUT2D eigenvalue weighted by Gasteiger charge is -2.43. The molecule has 2 saturated heterocycles. The van der Waals surface area contributed by atoms with Crippen molar-refractivity contribution in [2.45, 2.75) is 18.4 Å². The Kier molecular flexibility index (Phi) is 2.50. The first-order valence-corrected chi connectivity index (χ1v) is 4.10. The normalized spacial score (nSPS) is 46.6. The van der Waals surface area contributed by atoms with Crippen LogP contribution in [0.5, 0.6) is 0 Å². The van der Waals surface area contributed by atoms with E-state index in [0.29, 0.717) is 13.2 Å². The minimum Gasteiger partial charge on any atom is -0.366 e. The third-order valence-corrected chi connectivity index (χ3v) is 2.03. The average Bonchev–Trinajstić information content (AvgIpc) is 2.15. The van der Waals surface area contributed by atoms with Crippen LogP contribution in [0.2, 0.25) is 0 Å². The second-order valence-electron chi connectivity index (χ2n) is 2.96. The fourth-order valence-electron chi connectivity index (χ4n) is 1.31.